The number of hydrogen-bond donors (Lipinski definition) is 3. The summed E-state index contributed by atoms with van der Waals surface area (Å²) in [6.07, 6.45) is 1.89. The van der Waals surface area contributed by atoms with Crippen LogP contribution < -0.4 is 16.0 Å². The van der Waals surface area contributed by atoms with Gasteiger partial charge in [0.1, 0.15) is 0 Å². The van der Waals surface area contributed by atoms with Crippen molar-refractivity contribution in [2.45, 2.75) is 13.3 Å². The summed E-state index contributed by atoms with van der Waals surface area (Å²) < 4.78 is 6.25. The van der Waals surface area contributed by atoms with E-state index in [9.17, 15) is 9.59 Å². The third-order valence-corrected chi connectivity index (χ3v) is 5.54. The zero-order valence-electron chi connectivity index (χ0n) is 17.4. The molecule has 2 heterocycles. The van der Waals surface area contributed by atoms with Crippen molar-refractivity contribution < 1.29 is 14.3 Å². The van der Waals surface area contributed by atoms with Gasteiger partial charge in [0, 0.05) is 45.3 Å². The number of aromatic nitrogens is 2. The van der Waals surface area contributed by atoms with Crippen molar-refractivity contribution >= 4 is 51.7 Å². The molecule has 2 amide bonds. The Morgan fingerprint density at radius 1 is 1.22 bits per heavy atom. The van der Waals surface area contributed by atoms with E-state index < -0.39 is 0 Å². The number of carbonyl (C=O) groups excluding carboxylic acids is 2. The molecule has 4 rings (SSSR count). The average molecular weight is 543 g/mol. The van der Waals surface area contributed by atoms with Gasteiger partial charge in [0.25, 0.3) is 5.91 Å². The normalized spacial score (nSPS) is 12.2. The van der Waals surface area contributed by atoms with Crippen LogP contribution in [-0.4, -0.2) is 41.5 Å². The molecule has 1 aromatic heterocycles. The first-order chi connectivity index (χ1) is 15.5. The fraction of sp³-hybridized carbons (Fsp3) is 0.217. The lowest BCUT2D eigenvalue weighted by molar-refractivity contribution is -0.115. The number of hydrogen-bond acceptors (Lipinski definition) is 6. The van der Waals surface area contributed by atoms with Gasteiger partial charge in [-0.25, -0.2) is 9.97 Å². The molecule has 1 aliphatic heterocycles. The van der Waals surface area contributed by atoms with Crippen LogP contribution in [0.4, 0.5) is 17.3 Å². The second-order valence-corrected chi connectivity index (χ2v) is 8.38. The summed E-state index contributed by atoms with van der Waals surface area (Å²) >= 11 is 2.21. The van der Waals surface area contributed by atoms with Crippen molar-refractivity contribution in [3.63, 3.8) is 0 Å². The quantitative estimate of drug-likeness (QED) is 0.310. The number of nitrogens with one attached hydrogen (secondary N) is 3. The zero-order valence-corrected chi connectivity index (χ0v) is 19.6. The summed E-state index contributed by atoms with van der Waals surface area (Å²) in [6.45, 7) is 3.49. The summed E-state index contributed by atoms with van der Waals surface area (Å²) in [5.74, 6) is 0.170. The van der Waals surface area contributed by atoms with Gasteiger partial charge in [0.05, 0.1) is 24.4 Å². The molecule has 0 atom stereocenters. The molecule has 2 aromatic carbocycles. The molecule has 0 bridgehead atoms. The number of fused-ring (bicyclic) bond motifs is 3. The number of halogens is 1. The van der Waals surface area contributed by atoms with Gasteiger partial charge in [-0.2, -0.15) is 0 Å². The summed E-state index contributed by atoms with van der Waals surface area (Å²) in [6, 6.07) is 12.9. The van der Waals surface area contributed by atoms with E-state index in [4.69, 9.17) is 4.74 Å². The standard InChI is InChI=1S/C23H22IN5O3/c1-2-32-10-9-25-22(31)14-3-6-17(7-4-14)27-23-26-13-15-11-20(30)28-19-12-16(24)5-8-18(19)21(15)29-23/h3-8,12-13H,2,9-11H2,1H3,(H,25,31)(H,28,30)(H,26,27,29). The number of ether oxygens (including phenoxy) is 1. The van der Waals surface area contributed by atoms with Gasteiger partial charge in [0.2, 0.25) is 11.9 Å². The first-order valence-electron chi connectivity index (χ1n) is 10.2. The lowest BCUT2D eigenvalue weighted by Crippen LogP contribution is -2.27. The van der Waals surface area contributed by atoms with Gasteiger partial charge in [-0.1, -0.05) is 0 Å². The molecule has 1 aliphatic rings. The van der Waals surface area contributed by atoms with Crippen LogP contribution in [0.1, 0.15) is 22.8 Å². The van der Waals surface area contributed by atoms with Gasteiger partial charge in [-0.05, 0) is 72.0 Å². The molecule has 3 aromatic rings. The van der Waals surface area contributed by atoms with Crippen LogP contribution in [0.5, 0.6) is 0 Å². The summed E-state index contributed by atoms with van der Waals surface area (Å²) in [4.78, 5) is 33.5. The van der Waals surface area contributed by atoms with E-state index in [0.717, 1.165) is 31.8 Å². The van der Waals surface area contributed by atoms with Crippen molar-refractivity contribution in [3.05, 3.63) is 63.4 Å². The third kappa shape index (κ3) is 5.22. The van der Waals surface area contributed by atoms with Crippen LogP contribution >= 0.6 is 22.6 Å². The lowest BCUT2D eigenvalue weighted by atomic mass is 10.1. The van der Waals surface area contributed by atoms with Gasteiger partial charge in [-0.3, -0.25) is 9.59 Å². The van der Waals surface area contributed by atoms with Crippen molar-refractivity contribution in [2.24, 2.45) is 0 Å². The Labute approximate surface area is 199 Å². The number of carbonyl (C=O) groups is 2. The van der Waals surface area contributed by atoms with E-state index in [2.05, 4.69) is 48.5 Å². The molecular weight excluding hydrogens is 521 g/mol. The van der Waals surface area contributed by atoms with Crippen LogP contribution in [-0.2, 0) is 16.0 Å². The molecule has 0 radical (unpaired) electrons. The predicted molar refractivity (Wildman–Crippen MR) is 131 cm³/mol. The lowest BCUT2D eigenvalue weighted by Gasteiger charge is -2.11. The summed E-state index contributed by atoms with van der Waals surface area (Å²) in [5, 5.41) is 8.93. The minimum atomic E-state index is -0.152. The fourth-order valence-corrected chi connectivity index (χ4v) is 3.83. The molecule has 164 valence electrons. The van der Waals surface area contributed by atoms with Crippen molar-refractivity contribution in [2.75, 3.05) is 30.4 Å². The van der Waals surface area contributed by atoms with Crippen LogP contribution in [0.25, 0.3) is 11.3 Å². The Morgan fingerprint density at radius 2 is 2.03 bits per heavy atom. The SMILES string of the molecule is CCOCCNC(=O)c1ccc(Nc2ncc3c(n2)-c2ccc(I)cc2NC(=O)C3)cc1. The Morgan fingerprint density at radius 3 is 2.81 bits per heavy atom. The highest BCUT2D eigenvalue weighted by molar-refractivity contribution is 14.1. The molecule has 0 saturated heterocycles. The average Bonchev–Trinajstić information content (AvgIpc) is 2.91. The number of benzene rings is 2. The Balaban J connectivity index is 1.51. The second kappa shape index (κ2) is 10.0. The Kier molecular flexibility index (Phi) is 6.96. The van der Waals surface area contributed by atoms with Crippen LogP contribution in [0, 0.1) is 3.57 Å². The van der Waals surface area contributed by atoms with E-state index in [1.54, 1.807) is 30.5 Å². The number of nitrogens with zero attached hydrogens (tertiary/aromatic N) is 2. The zero-order chi connectivity index (χ0) is 22.5. The molecule has 0 spiro atoms. The van der Waals surface area contributed by atoms with Crippen molar-refractivity contribution in [1.29, 1.82) is 0 Å². The van der Waals surface area contributed by atoms with E-state index >= 15 is 0 Å². The fourth-order valence-electron chi connectivity index (χ4n) is 3.34. The van der Waals surface area contributed by atoms with E-state index in [1.165, 1.54) is 0 Å². The van der Waals surface area contributed by atoms with E-state index in [0.29, 0.717) is 31.3 Å². The Bertz CT molecular complexity index is 1150. The first-order valence-corrected chi connectivity index (χ1v) is 11.3. The maximum atomic E-state index is 12.3. The molecule has 3 N–H and O–H groups in total. The van der Waals surface area contributed by atoms with Crippen molar-refractivity contribution in [1.82, 2.24) is 15.3 Å². The number of amides is 2. The van der Waals surface area contributed by atoms with E-state index in [1.807, 2.05) is 25.1 Å². The second-order valence-electron chi connectivity index (χ2n) is 7.14. The largest absolute Gasteiger partial charge is 0.380 e. The summed E-state index contributed by atoms with van der Waals surface area (Å²) in [7, 11) is 0. The molecule has 0 aliphatic carbocycles. The van der Waals surface area contributed by atoms with E-state index in [-0.39, 0.29) is 18.2 Å². The molecule has 0 saturated carbocycles. The molecule has 0 fully saturated rings. The smallest absolute Gasteiger partial charge is 0.251 e. The molecule has 32 heavy (non-hydrogen) atoms. The van der Waals surface area contributed by atoms with Gasteiger partial charge in [-0.15, -0.1) is 0 Å². The predicted octanol–water partition coefficient (Wildman–Crippen LogP) is 3.75. The summed E-state index contributed by atoms with van der Waals surface area (Å²) in [5.41, 5.74) is 4.40. The topological polar surface area (TPSA) is 105 Å². The van der Waals surface area contributed by atoms with Crippen LogP contribution in [0.2, 0.25) is 0 Å². The monoisotopic (exact) mass is 543 g/mol. The van der Waals surface area contributed by atoms with Gasteiger partial charge < -0.3 is 20.7 Å². The van der Waals surface area contributed by atoms with Crippen LogP contribution in [0.3, 0.4) is 0 Å². The number of anilines is 3. The molecule has 0 unspecified atom stereocenters. The minimum Gasteiger partial charge on any atom is -0.380 e. The van der Waals surface area contributed by atoms with Gasteiger partial charge >= 0.3 is 0 Å². The number of rotatable bonds is 7. The Hall–Kier alpha value is -3.05. The maximum absolute atomic E-state index is 12.3. The van der Waals surface area contributed by atoms with Gasteiger partial charge in [0.15, 0.2) is 0 Å². The third-order valence-electron chi connectivity index (χ3n) is 4.87. The highest BCUT2D eigenvalue weighted by Gasteiger charge is 2.21. The highest BCUT2D eigenvalue weighted by atomic mass is 127. The molecule has 9 heteroatoms. The highest BCUT2D eigenvalue weighted by Crippen LogP contribution is 2.34. The maximum Gasteiger partial charge on any atom is 0.251 e. The first kappa shape index (κ1) is 22.2. The van der Waals surface area contributed by atoms with Crippen molar-refractivity contribution in [3.8, 4) is 11.3 Å². The van der Waals surface area contributed by atoms with Crippen LogP contribution in [0.15, 0.2) is 48.7 Å². The molecular formula is C23H22IN5O3. The molecule has 8 nitrogen and oxygen atoms in total. The minimum absolute atomic E-state index is 0.0913.